The minimum Gasteiger partial charge on any atom is -0.316 e. The molecule has 1 aliphatic rings. The van der Waals surface area contributed by atoms with Crippen molar-refractivity contribution in [3.8, 4) is 0 Å². The maximum atomic E-state index is 11.8. The topological polar surface area (TPSA) is 62.7 Å². The van der Waals surface area contributed by atoms with Crippen LogP contribution < -0.4 is 11.0 Å². The highest BCUT2D eigenvalue weighted by atomic mass is 16.2. The quantitative estimate of drug-likeness (QED) is 0.803. The lowest BCUT2D eigenvalue weighted by molar-refractivity contribution is 0.336. The van der Waals surface area contributed by atoms with Crippen molar-refractivity contribution in [2.75, 3.05) is 13.1 Å². The standard InChI is InChI=1S/C12H22N4O/c1-12(2,3)16-11(17)14-10(15-16)7-9-5-4-6-13-8-9/h9,13H,4-8H2,1-3H3,(H,14,15,17). The fourth-order valence-corrected chi connectivity index (χ4v) is 2.29. The molecule has 0 spiro atoms. The van der Waals surface area contributed by atoms with E-state index in [0.29, 0.717) is 5.92 Å². The molecule has 2 heterocycles. The summed E-state index contributed by atoms with van der Waals surface area (Å²) in [7, 11) is 0. The SMILES string of the molecule is CC(C)(C)n1nc(CC2CCCNC2)[nH]c1=O. The van der Waals surface area contributed by atoms with Gasteiger partial charge >= 0.3 is 5.69 Å². The number of hydrogen-bond donors (Lipinski definition) is 2. The first-order valence-corrected chi connectivity index (χ1v) is 6.36. The van der Waals surface area contributed by atoms with Gasteiger partial charge in [-0.25, -0.2) is 9.48 Å². The summed E-state index contributed by atoms with van der Waals surface area (Å²) in [5.41, 5.74) is -0.354. The van der Waals surface area contributed by atoms with Gasteiger partial charge in [-0.05, 0) is 52.6 Å². The van der Waals surface area contributed by atoms with E-state index in [2.05, 4.69) is 15.4 Å². The Bertz CT molecular complexity index is 420. The molecule has 1 atom stereocenters. The highest BCUT2D eigenvalue weighted by Crippen LogP contribution is 2.15. The van der Waals surface area contributed by atoms with Crippen molar-refractivity contribution < 1.29 is 0 Å². The lowest BCUT2D eigenvalue weighted by Gasteiger charge is -2.21. The van der Waals surface area contributed by atoms with Crippen LogP contribution in [0.25, 0.3) is 0 Å². The van der Waals surface area contributed by atoms with Crippen molar-refractivity contribution >= 4 is 0 Å². The molecular formula is C12H22N4O. The van der Waals surface area contributed by atoms with E-state index in [1.54, 1.807) is 4.68 Å². The summed E-state index contributed by atoms with van der Waals surface area (Å²) in [6, 6.07) is 0. The zero-order valence-electron chi connectivity index (χ0n) is 10.9. The van der Waals surface area contributed by atoms with Crippen LogP contribution >= 0.6 is 0 Å². The number of nitrogens with zero attached hydrogens (tertiary/aromatic N) is 2. The van der Waals surface area contributed by atoms with Gasteiger partial charge in [0.1, 0.15) is 5.82 Å². The van der Waals surface area contributed by atoms with Crippen molar-refractivity contribution in [1.82, 2.24) is 20.1 Å². The smallest absolute Gasteiger partial charge is 0.316 e. The van der Waals surface area contributed by atoms with Gasteiger partial charge in [0.2, 0.25) is 0 Å². The first-order valence-electron chi connectivity index (χ1n) is 6.36. The molecule has 1 fully saturated rings. The molecule has 5 heteroatoms. The average molecular weight is 238 g/mol. The second-order valence-electron chi connectivity index (χ2n) is 5.88. The Hall–Kier alpha value is -1.10. The molecule has 0 aliphatic carbocycles. The lowest BCUT2D eigenvalue weighted by atomic mass is 9.96. The van der Waals surface area contributed by atoms with E-state index in [1.165, 1.54) is 12.8 Å². The number of rotatable bonds is 2. The first-order chi connectivity index (χ1) is 7.97. The number of nitrogens with one attached hydrogen (secondary N) is 2. The molecule has 96 valence electrons. The van der Waals surface area contributed by atoms with Crippen LogP contribution in [0.1, 0.15) is 39.4 Å². The summed E-state index contributed by atoms with van der Waals surface area (Å²) in [4.78, 5) is 14.6. The molecule has 5 nitrogen and oxygen atoms in total. The molecule has 1 aliphatic heterocycles. The maximum Gasteiger partial charge on any atom is 0.343 e. The summed E-state index contributed by atoms with van der Waals surface area (Å²) in [5.74, 6) is 1.42. The van der Waals surface area contributed by atoms with Crippen molar-refractivity contribution in [1.29, 1.82) is 0 Å². The predicted octanol–water partition coefficient (Wildman–Crippen LogP) is 0.868. The van der Waals surface area contributed by atoms with Crippen LogP contribution in [-0.4, -0.2) is 27.9 Å². The van der Waals surface area contributed by atoms with Crippen LogP contribution in [0.15, 0.2) is 4.79 Å². The monoisotopic (exact) mass is 238 g/mol. The number of aromatic amines is 1. The zero-order chi connectivity index (χ0) is 12.5. The van der Waals surface area contributed by atoms with Crippen LogP contribution in [0.4, 0.5) is 0 Å². The molecule has 0 bridgehead atoms. The van der Waals surface area contributed by atoms with Crippen LogP contribution in [0.3, 0.4) is 0 Å². The highest BCUT2D eigenvalue weighted by Gasteiger charge is 2.20. The van der Waals surface area contributed by atoms with Gasteiger partial charge in [0.15, 0.2) is 0 Å². The highest BCUT2D eigenvalue weighted by molar-refractivity contribution is 4.89. The second-order valence-corrected chi connectivity index (χ2v) is 5.88. The fourth-order valence-electron chi connectivity index (χ4n) is 2.29. The minimum absolute atomic E-state index is 0.101. The van der Waals surface area contributed by atoms with Crippen LogP contribution in [0.2, 0.25) is 0 Å². The van der Waals surface area contributed by atoms with Gasteiger partial charge in [-0.2, -0.15) is 5.10 Å². The van der Waals surface area contributed by atoms with E-state index in [1.807, 2.05) is 20.8 Å². The molecule has 0 saturated carbocycles. The first kappa shape index (κ1) is 12.4. The maximum absolute atomic E-state index is 11.8. The summed E-state index contributed by atoms with van der Waals surface area (Å²) in [6.45, 7) is 8.11. The summed E-state index contributed by atoms with van der Waals surface area (Å²) < 4.78 is 1.54. The molecule has 1 unspecified atom stereocenters. The third-order valence-corrected chi connectivity index (χ3v) is 3.18. The van der Waals surface area contributed by atoms with Crippen molar-refractivity contribution in [3.05, 3.63) is 16.3 Å². The van der Waals surface area contributed by atoms with E-state index in [9.17, 15) is 4.79 Å². The third-order valence-electron chi connectivity index (χ3n) is 3.18. The number of aromatic nitrogens is 3. The van der Waals surface area contributed by atoms with Gasteiger partial charge in [-0.15, -0.1) is 0 Å². The van der Waals surface area contributed by atoms with E-state index in [0.717, 1.165) is 25.3 Å². The molecule has 2 N–H and O–H groups in total. The molecule has 17 heavy (non-hydrogen) atoms. The molecule has 1 saturated heterocycles. The van der Waals surface area contributed by atoms with Crippen LogP contribution in [-0.2, 0) is 12.0 Å². The van der Waals surface area contributed by atoms with E-state index < -0.39 is 0 Å². The largest absolute Gasteiger partial charge is 0.343 e. The average Bonchev–Trinajstić information content (AvgIpc) is 2.60. The normalized spacial score (nSPS) is 21.7. The molecular weight excluding hydrogens is 216 g/mol. The van der Waals surface area contributed by atoms with E-state index in [4.69, 9.17) is 0 Å². The molecule has 0 radical (unpaired) electrons. The summed E-state index contributed by atoms with van der Waals surface area (Å²) >= 11 is 0. The molecule has 0 amide bonds. The van der Waals surface area contributed by atoms with E-state index in [-0.39, 0.29) is 11.2 Å². The van der Waals surface area contributed by atoms with Gasteiger partial charge in [-0.1, -0.05) is 0 Å². The van der Waals surface area contributed by atoms with Gasteiger partial charge in [-0.3, -0.25) is 4.98 Å². The minimum atomic E-state index is -0.253. The molecule has 1 aromatic rings. The van der Waals surface area contributed by atoms with Crippen molar-refractivity contribution in [2.24, 2.45) is 5.92 Å². The molecule has 2 rings (SSSR count). The molecule has 1 aromatic heterocycles. The number of piperidine rings is 1. The van der Waals surface area contributed by atoms with E-state index >= 15 is 0 Å². The zero-order valence-corrected chi connectivity index (χ0v) is 10.9. The Morgan fingerprint density at radius 2 is 2.24 bits per heavy atom. The Morgan fingerprint density at radius 1 is 1.47 bits per heavy atom. The fraction of sp³-hybridized carbons (Fsp3) is 0.833. The summed E-state index contributed by atoms with van der Waals surface area (Å²) in [5, 5.41) is 7.78. The predicted molar refractivity (Wildman–Crippen MR) is 67.1 cm³/mol. The third kappa shape index (κ3) is 2.97. The Morgan fingerprint density at radius 3 is 2.76 bits per heavy atom. The van der Waals surface area contributed by atoms with Gasteiger partial charge < -0.3 is 5.32 Å². The van der Waals surface area contributed by atoms with Crippen molar-refractivity contribution in [2.45, 2.75) is 45.6 Å². The Labute approximate surface area is 102 Å². The summed E-state index contributed by atoms with van der Waals surface area (Å²) in [6.07, 6.45) is 3.30. The van der Waals surface area contributed by atoms with Crippen molar-refractivity contribution in [3.63, 3.8) is 0 Å². The van der Waals surface area contributed by atoms with Gasteiger partial charge in [0.05, 0.1) is 5.54 Å². The van der Waals surface area contributed by atoms with Gasteiger partial charge in [0, 0.05) is 6.42 Å². The van der Waals surface area contributed by atoms with Gasteiger partial charge in [0.25, 0.3) is 0 Å². The van der Waals surface area contributed by atoms with Crippen LogP contribution in [0, 0.1) is 5.92 Å². The molecule has 0 aromatic carbocycles. The number of hydrogen-bond acceptors (Lipinski definition) is 3. The van der Waals surface area contributed by atoms with Crippen LogP contribution in [0.5, 0.6) is 0 Å². The Kier molecular flexibility index (Phi) is 3.38. The second kappa shape index (κ2) is 4.64. The number of H-pyrrole nitrogens is 1. The lowest BCUT2D eigenvalue weighted by Crippen LogP contribution is -2.33. The Balaban J connectivity index is 2.09.